The molecule has 0 saturated carbocycles. The molecule has 0 aliphatic carbocycles. The van der Waals surface area contributed by atoms with Gasteiger partial charge in [-0.05, 0) is 6.92 Å². The Morgan fingerprint density at radius 1 is 1.36 bits per heavy atom. The maximum absolute atomic E-state index is 10.3. The summed E-state index contributed by atoms with van der Waals surface area (Å²) in [7, 11) is 0. The third-order valence-corrected chi connectivity index (χ3v) is 0.573. The van der Waals surface area contributed by atoms with Crippen molar-refractivity contribution < 1.29 is 29.0 Å². The van der Waals surface area contributed by atoms with Crippen LogP contribution in [0.4, 0.5) is 4.79 Å². The zero-order chi connectivity index (χ0) is 11.6. The van der Waals surface area contributed by atoms with Gasteiger partial charge in [0.05, 0.1) is 6.26 Å². The second-order valence-corrected chi connectivity index (χ2v) is 2.04. The molecular weight excluding hydrogens is 192 g/mol. The molecule has 0 atom stereocenters. The SMILES string of the molecule is C=COC(=O)OCC(C)=O.CC(=O)O. The van der Waals surface area contributed by atoms with Crippen LogP contribution in [0, 0.1) is 0 Å². The van der Waals surface area contributed by atoms with Crippen molar-refractivity contribution in [2.75, 3.05) is 6.61 Å². The van der Waals surface area contributed by atoms with Crippen molar-refractivity contribution in [3.63, 3.8) is 0 Å². The van der Waals surface area contributed by atoms with E-state index >= 15 is 0 Å². The van der Waals surface area contributed by atoms with Crippen molar-refractivity contribution in [2.24, 2.45) is 0 Å². The first-order valence-corrected chi connectivity index (χ1v) is 3.53. The molecular formula is C8H12O6. The number of hydrogen-bond acceptors (Lipinski definition) is 5. The fraction of sp³-hybridized carbons (Fsp3) is 0.375. The number of carboxylic acid groups (broad SMARTS) is 1. The minimum atomic E-state index is -0.912. The highest BCUT2D eigenvalue weighted by Gasteiger charge is 2.01. The van der Waals surface area contributed by atoms with Gasteiger partial charge >= 0.3 is 6.16 Å². The first kappa shape index (κ1) is 14.7. The summed E-state index contributed by atoms with van der Waals surface area (Å²) in [5.74, 6) is -1.07. The average Bonchev–Trinajstić information content (AvgIpc) is 2.00. The number of Topliss-reactive ketones (excluding diaryl/α,β-unsaturated/α-hetero) is 1. The molecule has 0 aromatic carbocycles. The van der Waals surface area contributed by atoms with Gasteiger partial charge in [-0.15, -0.1) is 0 Å². The van der Waals surface area contributed by atoms with E-state index in [1.807, 2.05) is 0 Å². The predicted octanol–water partition coefficient (Wildman–Crippen LogP) is 0.963. The molecule has 0 bridgehead atoms. The highest BCUT2D eigenvalue weighted by Crippen LogP contribution is 1.84. The molecule has 0 saturated heterocycles. The van der Waals surface area contributed by atoms with Crippen LogP contribution in [-0.2, 0) is 19.1 Å². The first-order valence-electron chi connectivity index (χ1n) is 3.53. The van der Waals surface area contributed by atoms with E-state index in [-0.39, 0.29) is 12.4 Å². The molecule has 0 fully saturated rings. The van der Waals surface area contributed by atoms with Gasteiger partial charge in [0.2, 0.25) is 0 Å². The van der Waals surface area contributed by atoms with Crippen molar-refractivity contribution in [1.29, 1.82) is 0 Å². The summed E-state index contributed by atoms with van der Waals surface area (Å²) in [6.45, 7) is 5.25. The standard InChI is InChI=1S/C6H8O4.C2H4O2/c1-3-9-6(8)10-4-5(2)7;1-2(3)4/h3H,1,4H2,2H3;1H3,(H,3,4). The van der Waals surface area contributed by atoms with Gasteiger partial charge < -0.3 is 14.6 Å². The van der Waals surface area contributed by atoms with Crippen molar-refractivity contribution >= 4 is 17.9 Å². The lowest BCUT2D eigenvalue weighted by Gasteiger charge is -1.97. The number of carboxylic acids is 1. The molecule has 0 aliphatic rings. The van der Waals surface area contributed by atoms with Crippen LogP contribution in [-0.4, -0.2) is 29.6 Å². The van der Waals surface area contributed by atoms with Crippen molar-refractivity contribution in [2.45, 2.75) is 13.8 Å². The number of carbonyl (C=O) groups is 3. The van der Waals surface area contributed by atoms with Gasteiger partial charge in [0.1, 0.15) is 0 Å². The average molecular weight is 204 g/mol. The molecule has 80 valence electrons. The molecule has 14 heavy (non-hydrogen) atoms. The Balaban J connectivity index is 0. The third kappa shape index (κ3) is 22.5. The first-order chi connectivity index (χ1) is 6.40. The number of aliphatic carboxylic acids is 1. The molecule has 6 heteroatoms. The van der Waals surface area contributed by atoms with Gasteiger partial charge in [0, 0.05) is 6.92 Å². The zero-order valence-electron chi connectivity index (χ0n) is 7.98. The molecule has 0 aliphatic heterocycles. The molecule has 0 aromatic heterocycles. The summed E-state index contributed by atoms with van der Waals surface area (Å²) in [4.78, 5) is 29.5. The molecule has 0 spiro atoms. The number of ketones is 1. The maximum Gasteiger partial charge on any atom is 0.513 e. The van der Waals surface area contributed by atoms with E-state index in [0.29, 0.717) is 0 Å². The van der Waals surface area contributed by atoms with E-state index in [0.717, 1.165) is 13.2 Å². The van der Waals surface area contributed by atoms with Gasteiger partial charge in [-0.3, -0.25) is 9.59 Å². The smallest absolute Gasteiger partial charge is 0.481 e. The van der Waals surface area contributed by atoms with Gasteiger partial charge in [0.25, 0.3) is 5.97 Å². The molecule has 0 unspecified atom stereocenters. The Kier molecular flexibility index (Phi) is 9.68. The highest BCUT2D eigenvalue weighted by molar-refractivity contribution is 5.78. The lowest BCUT2D eigenvalue weighted by molar-refractivity contribution is -0.134. The quantitative estimate of drug-likeness (QED) is 0.544. The van der Waals surface area contributed by atoms with E-state index in [1.165, 1.54) is 6.92 Å². The van der Waals surface area contributed by atoms with Crippen LogP contribution in [0.15, 0.2) is 12.8 Å². The second-order valence-electron chi connectivity index (χ2n) is 2.04. The van der Waals surface area contributed by atoms with Gasteiger partial charge in [-0.1, -0.05) is 6.58 Å². The minimum Gasteiger partial charge on any atom is -0.481 e. The summed E-state index contributed by atoms with van der Waals surface area (Å²) < 4.78 is 8.40. The Morgan fingerprint density at radius 3 is 2.07 bits per heavy atom. The number of carbonyl (C=O) groups excluding carboxylic acids is 2. The summed E-state index contributed by atoms with van der Waals surface area (Å²) in [6, 6.07) is 0. The lowest BCUT2D eigenvalue weighted by atomic mass is 10.5. The summed E-state index contributed by atoms with van der Waals surface area (Å²) in [6.07, 6.45) is 0.0212. The second kappa shape index (κ2) is 9.24. The zero-order valence-corrected chi connectivity index (χ0v) is 7.98. The third-order valence-electron chi connectivity index (χ3n) is 0.573. The van der Waals surface area contributed by atoms with E-state index in [9.17, 15) is 9.59 Å². The predicted molar refractivity (Wildman–Crippen MR) is 46.6 cm³/mol. The van der Waals surface area contributed by atoms with E-state index in [2.05, 4.69) is 16.1 Å². The molecule has 0 rings (SSSR count). The van der Waals surface area contributed by atoms with Gasteiger partial charge in [0.15, 0.2) is 12.4 Å². The number of ether oxygens (including phenoxy) is 2. The fourth-order valence-electron chi connectivity index (χ4n) is 0.263. The van der Waals surface area contributed by atoms with E-state index in [1.54, 1.807) is 0 Å². The van der Waals surface area contributed by atoms with Crippen LogP contribution in [0.5, 0.6) is 0 Å². The molecule has 0 radical (unpaired) electrons. The highest BCUT2D eigenvalue weighted by atomic mass is 16.7. The van der Waals surface area contributed by atoms with Gasteiger partial charge in [-0.2, -0.15) is 0 Å². The Labute approximate surface area is 81.1 Å². The van der Waals surface area contributed by atoms with Crippen LogP contribution in [0.1, 0.15) is 13.8 Å². The summed E-state index contributed by atoms with van der Waals surface area (Å²) in [5.41, 5.74) is 0. The molecule has 1 N–H and O–H groups in total. The Hall–Kier alpha value is -1.85. The minimum absolute atomic E-state index is 0.235. The molecule has 6 nitrogen and oxygen atoms in total. The normalized spacial score (nSPS) is 7.57. The topological polar surface area (TPSA) is 89.9 Å². The fourth-order valence-corrected chi connectivity index (χ4v) is 0.263. The van der Waals surface area contributed by atoms with Crippen LogP contribution in [0.25, 0.3) is 0 Å². The lowest BCUT2D eigenvalue weighted by Crippen LogP contribution is -2.10. The van der Waals surface area contributed by atoms with Crippen molar-refractivity contribution in [3.05, 3.63) is 12.8 Å². The molecule has 0 heterocycles. The van der Waals surface area contributed by atoms with Crippen LogP contribution >= 0.6 is 0 Å². The van der Waals surface area contributed by atoms with Crippen molar-refractivity contribution in [1.82, 2.24) is 0 Å². The number of rotatable bonds is 3. The van der Waals surface area contributed by atoms with Crippen LogP contribution < -0.4 is 0 Å². The van der Waals surface area contributed by atoms with Crippen LogP contribution in [0.2, 0.25) is 0 Å². The van der Waals surface area contributed by atoms with Crippen LogP contribution in [0.3, 0.4) is 0 Å². The van der Waals surface area contributed by atoms with E-state index < -0.39 is 12.1 Å². The largest absolute Gasteiger partial charge is 0.513 e. The Morgan fingerprint density at radius 2 is 1.79 bits per heavy atom. The maximum atomic E-state index is 10.3. The summed E-state index contributed by atoms with van der Waals surface area (Å²) in [5, 5.41) is 7.42. The Bertz CT molecular complexity index is 216. The summed E-state index contributed by atoms with van der Waals surface area (Å²) >= 11 is 0. The monoisotopic (exact) mass is 204 g/mol. The molecule has 0 amide bonds. The number of hydrogen-bond donors (Lipinski definition) is 1. The van der Waals surface area contributed by atoms with E-state index in [4.69, 9.17) is 9.90 Å². The van der Waals surface area contributed by atoms with Crippen molar-refractivity contribution in [3.8, 4) is 0 Å². The molecule has 0 aromatic rings. The van der Waals surface area contributed by atoms with Gasteiger partial charge in [-0.25, -0.2) is 4.79 Å².